The van der Waals surface area contributed by atoms with Crippen LogP contribution in [0.5, 0.6) is 11.5 Å². The van der Waals surface area contributed by atoms with Gasteiger partial charge in [0, 0.05) is 30.8 Å². The number of methoxy groups -OCH3 is 2. The number of nitrogens with zero attached hydrogens (tertiary/aromatic N) is 6. The normalized spacial score (nSPS) is 18.3. The molecule has 200 valence electrons. The van der Waals surface area contributed by atoms with E-state index in [0.29, 0.717) is 28.8 Å². The minimum atomic E-state index is -3.91. The molecule has 1 aliphatic heterocycles. The molecular formula is C25H35N7O4S. The Kier molecular flexibility index (Phi) is 7.98. The lowest BCUT2D eigenvalue weighted by molar-refractivity contribution is 0.244. The van der Waals surface area contributed by atoms with Crippen molar-refractivity contribution in [3.8, 4) is 17.2 Å². The van der Waals surface area contributed by atoms with E-state index in [1.165, 1.54) is 0 Å². The van der Waals surface area contributed by atoms with Crippen molar-refractivity contribution >= 4 is 16.0 Å². The lowest BCUT2D eigenvalue weighted by atomic mass is 9.97. The number of para-hydroxylation sites is 1. The second kappa shape index (κ2) is 11.0. The number of nitrogens with one attached hydrogen (secondary N) is 1. The number of aryl methyl sites for hydroxylation is 1. The minimum absolute atomic E-state index is 0.0522. The summed E-state index contributed by atoms with van der Waals surface area (Å²) in [6.07, 6.45) is 5.28. The molecule has 37 heavy (non-hydrogen) atoms. The molecule has 12 heteroatoms. The molecule has 0 spiro atoms. The molecule has 0 saturated carbocycles. The van der Waals surface area contributed by atoms with E-state index in [-0.39, 0.29) is 11.9 Å². The van der Waals surface area contributed by atoms with Crippen molar-refractivity contribution in [2.45, 2.75) is 50.7 Å². The van der Waals surface area contributed by atoms with E-state index in [1.54, 1.807) is 57.2 Å². The van der Waals surface area contributed by atoms with Crippen molar-refractivity contribution in [3.63, 3.8) is 0 Å². The molecule has 1 aromatic carbocycles. The fraction of sp³-hybridized carbons (Fsp3) is 0.520. The van der Waals surface area contributed by atoms with Crippen molar-refractivity contribution in [2.75, 3.05) is 39.1 Å². The van der Waals surface area contributed by atoms with E-state index < -0.39 is 21.2 Å². The van der Waals surface area contributed by atoms with Gasteiger partial charge in [0.05, 0.1) is 19.5 Å². The molecule has 0 amide bonds. The van der Waals surface area contributed by atoms with E-state index in [9.17, 15) is 8.42 Å². The minimum Gasteiger partial charge on any atom is -0.494 e. The largest absolute Gasteiger partial charge is 0.494 e. The topological polar surface area (TPSA) is 124 Å². The van der Waals surface area contributed by atoms with Crippen LogP contribution in [0.4, 0.5) is 5.95 Å². The molecule has 3 heterocycles. The van der Waals surface area contributed by atoms with Gasteiger partial charge in [-0.1, -0.05) is 13.0 Å². The van der Waals surface area contributed by atoms with Crippen molar-refractivity contribution in [1.82, 2.24) is 29.6 Å². The molecule has 0 unspecified atom stereocenters. The lowest BCUT2D eigenvalue weighted by Crippen LogP contribution is -2.33. The van der Waals surface area contributed by atoms with E-state index in [0.717, 1.165) is 31.5 Å². The zero-order valence-corrected chi connectivity index (χ0v) is 23.0. The molecule has 0 aliphatic carbocycles. The SMILES string of the molecule is COc1cccc(OC)c1-n1c(NS(=O)(=O)[C@@H](C)[C@H](C)c2ncc(C)cn2)nnc1[C@H]1CCCN(C)C1. The number of anilines is 1. The molecule has 11 nitrogen and oxygen atoms in total. The van der Waals surface area contributed by atoms with Crippen LogP contribution in [0.1, 0.15) is 55.7 Å². The van der Waals surface area contributed by atoms with Gasteiger partial charge in [-0.15, -0.1) is 10.2 Å². The number of aromatic nitrogens is 5. The Morgan fingerprint density at radius 2 is 1.73 bits per heavy atom. The third kappa shape index (κ3) is 5.54. The zero-order chi connectivity index (χ0) is 26.7. The van der Waals surface area contributed by atoms with Gasteiger partial charge in [0.2, 0.25) is 16.0 Å². The van der Waals surface area contributed by atoms with Gasteiger partial charge in [-0.3, -0.25) is 9.29 Å². The number of sulfonamides is 1. The average Bonchev–Trinajstić information content (AvgIpc) is 3.29. The van der Waals surface area contributed by atoms with Crippen LogP contribution in [0.2, 0.25) is 0 Å². The summed E-state index contributed by atoms with van der Waals surface area (Å²) in [4.78, 5) is 10.9. The standard InChI is InChI=1S/C25H35N7O4S/c1-16-13-26-23(27-14-16)17(2)18(3)37(33,34)30-25-29-28-24(19-9-8-12-31(4)15-19)32(25)22-20(35-5)10-7-11-21(22)36-6/h7,10-11,13-14,17-19H,8-9,12,15H2,1-6H3,(H,29,30)/t17-,18-,19-/m0/s1. The number of likely N-dealkylation sites (tertiary alicyclic amines) is 1. The van der Waals surface area contributed by atoms with Crippen LogP contribution in [0.25, 0.3) is 5.69 Å². The Hall–Kier alpha value is -3.25. The Morgan fingerprint density at radius 3 is 2.32 bits per heavy atom. The van der Waals surface area contributed by atoms with Crippen LogP contribution in [-0.4, -0.2) is 77.7 Å². The first kappa shape index (κ1) is 26.8. The smallest absolute Gasteiger partial charge is 0.243 e. The number of rotatable bonds is 9. The molecule has 3 aromatic rings. The second-order valence-electron chi connectivity index (χ2n) is 9.59. The maximum absolute atomic E-state index is 13.6. The highest BCUT2D eigenvalue weighted by atomic mass is 32.2. The molecule has 0 bridgehead atoms. The van der Waals surface area contributed by atoms with Crippen molar-refractivity contribution in [2.24, 2.45) is 0 Å². The molecule has 1 saturated heterocycles. The van der Waals surface area contributed by atoms with E-state index in [1.807, 2.05) is 13.0 Å². The predicted molar refractivity (Wildman–Crippen MR) is 141 cm³/mol. The first-order chi connectivity index (χ1) is 17.7. The monoisotopic (exact) mass is 529 g/mol. The summed E-state index contributed by atoms with van der Waals surface area (Å²) in [6.45, 7) is 7.10. The highest BCUT2D eigenvalue weighted by Gasteiger charge is 2.34. The van der Waals surface area contributed by atoms with E-state index >= 15 is 0 Å². The number of benzene rings is 1. The summed E-state index contributed by atoms with van der Waals surface area (Å²) in [5.74, 6) is 1.81. The molecule has 3 atom stereocenters. The molecule has 2 aromatic heterocycles. The Morgan fingerprint density at radius 1 is 1.08 bits per heavy atom. The summed E-state index contributed by atoms with van der Waals surface area (Å²) in [5.41, 5.74) is 1.45. The van der Waals surface area contributed by atoms with Gasteiger partial charge in [-0.05, 0) is 58.0 Å². The van der Waals surface area contributed by atoms with Crippen molar-refractivity contribution < 1.29 is 17.9 Å². The molecular weight excluding hydrogens is 494 g/mol. The van der Waals surface area contributed by atoms with Crippen LogP contribution in [0, 0.1) is 6.92 Å². The van der Waals surface area contributed by atoms with Crippen LogP contribution in [0.15, 0.2) is 30.6 Å². The second-order valence-corrected chi connectivity index (χ2v) is 11.6. The Labute approximate surface area is 218 Å². The first-order valence-corrected chi connectivity index (χ1v) is 13.9. The van der Waals surface area contributed by atoms with Gasteiger partial charge in [-0.25, -0.2) is 18.4 Å². The van der Waals surface area contributed by atoms with Crippen LogP contribution in [-0.2, 0) is 10.0 Å². The van der Waals surface area contributed by atoms with Gasteiger partial charge < -0.3 is 14.4 Å². The maximum atomic E-state index is 13.6. The van der Waals surface area contributed by atoms with Gasteiger partial charge in [0.1, 0.15) is 28.8 Å². The third-order valence-electron chi connectivity index (χ3n) is 6.94. The van der Waals surface area contributed by atoms with Crippen molar-refractivity contribution in [1.29, 1.82) is 0 Å². The summed E-state index contributed by atoms with van der Waals surface area (Å²) in [6, 6.07) is 5.41. The zero-order valence-electron chi connectivity index (χ0n) is 22.2. The fourth-order valence-electron chi connectivity index (χ4n) is 4.61. The van der Waals surface area contributed by atoms with Crippen molar-refractivity contribution in [3.05, 3.63) is 47.8 Å². The Bertz CT molecular complexity index is 1310. The fourth-order valence-corrected chi connectivity index (χ4v) is 5.84. The van der Waals surface area contributed by atoms with Gasteiger partial charge in [-0.2, -0.15) is 0 Å². The summed E-state index contributed by atoms with van der Waals surface area (Å²) in [5, 5.41) is 7.95. The van der Waals surface area contributed by atoms with Crippen LogP contribution < -0.4 is 14.2 Å². The molecule has 0 radical (unpaired) electrons. The number of hydrogen-bond acceptors (Lipinski definition) is 9. The molecule has 4 rings (SSSR count). The number of likely N-dealkylation sites (N-methyl/N-ethyl adjacent to an activating group) is 1. The summed E-state index contributed by atoms with van der Waals surface area (Å²) in [7, 11) is 1.27. The lowest BCUT2D eigenvalue weighted by Gasteiger charge is -2.29. The van der Waals surface area contributed by atoms with Gasteiger partial charge in [0.25, 0.3) is 0 Å². The van der Waals surface area contributed by atoms with Gasteiger partial charge in [0.15, 0.2) is 0 Å². The summed E-state index contributed by atoms with van der Waals surface area (Å²) < 4.78 is 42.9. The molecule has 1 fully saturated rings. The summed E-state index contributed by atoms with van der Waals surface area (Å²) >= 11 is 0. The van der Waals surface area contributed by atoms with Crippen LogP contribution in [0.3, 0.4) is 0 Å². The number of piperidine rings is 1. The van der Waals surface area contributed by atoms with E-state index in [2.05, 4.69) is 36.8 Å². The molecule has 1 N–H and O–H groups in total. The Balaban J connectivity index is 1.78. The van der Waals surface area contributed by atoms with E-state index in [4.69, 9.17) is 9.47 Å². The maximum Gasteiger partial charge on any atom is 0.243 e. The highest BCUT2D eigenvalue weighted by molar-refractivity contribution is 7.93. The quantitative estimate of drug-likeness (QED) is 0.445. The van der Waals surface area contributed by atoms with Crippen LogP contribution >= 0.6 is 0 Å². The predicted octanol–water partition coefficient (Wildman–Crippen LogP) is 3.13. The third-order valence-corrected chi connectivity index (χ3v) is 8.79. The highest BCUT2D eigenvalue weighted by Crippen LogP contribution is 2.38. The number of hydrogen-bond donors (Lipinski definition) is 1. The molecule has 1 aliphatic rings. The average molecular weight is 530 g/mol. The van der Waals surface area contributed by atoms with Gasteiger partial charge >= 0.3 is 0 Å². The first-order valence-electron chi connectivity index (χ1n) is 12.3. The number of ether oxygens (including phenoxy) is 2.